The summed E-state index contributed by atoms with van der Waals surface area (Å²) in [4.78, 5) is 37.1. The Kier molecular flexibility index (Phi) is 7.25. The number of non-ortho nitro benzene ring substituents is 1. The Labute approximate surface area is 190 Å². The smallest absolute Gasteiger partial charge is 0.270 e. The van der Waals surface area contributed by atoms with Gasteiger partial charge in [-0.05, 0) is 61.6 Å². The molecule has 0 saturated heterocycles. The second-order valence-electron chi connectivity index (χ2n) is 6.68. The van der Waals surface area contributed by atoms with E-state index in [0.29, 0.717) is 17.8 Å². The number of nitro benzene ring substituents is 1. The number of nitrogens with zero attached hydrogens (tertiary/aromatic N) is 2. The fourth-order valence-electron chi connectivity index (χ4n) is 3.00. The first-order valence-corrected chi connectivity index (χ1v) is 10.1. The third-order valence-corrected chi connectivity index (χ3v) is 4.77. The maximum atomic E-state index is 12.9. The molecule has 162 valence electrons. The van der Waals surface area contributed by atoms with Crippen LogP contribution in [0.5, 0.6) is 0 Å². The molecule has 0 spiro atoms. The molecular weight excluding hydrogens is 428 g/mol. The Morgan fingerprint density at radius 1 is 0.969 bits per heavy atom. The normalized spacial score (nSPS) is 10.2. The highest BCUT2D eigenvalue weighted by Crippen LogP contribution is 2.18. The van der Waals surface area contributed by atoms with Gasteiger partial charge in [-0.1, -0.05) is 24.3 Å². The number of para-hydroxylation sites is 1. The van der Waals surface area contributed by atoms with Crippen molar-refractivity contribution in [3.8, 4) is 0 Å². The van der Waals surface area contributed by atoms with Crippen LogP contribution >= 0.6 is 12.2 Å². The van der Waals surface area contributed by atoms with Crippen LogP contribution in [0.1, 0.15) is 27.6 Å². The van der Waals surface area contributed by atoms with Crippen LogP contribution in [-0.4, -0.2) is 28.4 Å². The van der Waals surface area contributed by atoms with Gasteiger partial charge >= 0.3 is 0 Å². The molecule has 0 aliphatic carbocycles. The number of anilines is 2. The van der Waals surface area contributed by atoms with Crippen molar-refractivity contribution in [2.24, 2.45) is 0 Å². The third-order valence-electron chi connectivity index (χ3n) is 4.57. The zero-order chi connectivity index (χ0) is 23.1. The molecule has 2 N–H and O–H groups in total. The minimum absolute atomic E-state index is 0.0278. The lowest BCUT2D eigenvalue weighted by Gasteiger charge is -2.21. The molecule has 0 unspecified atom stereocenters. The van der Waals surface area contributed by atoms with E-state index in [4.69, 9.17) is 12.2 Å². The number of carbonyl (C=O) groups excluding carboxylic acids is 2. The summed E-state index contributed by atoms with van der Waals surface area (Å²) >= 11 is 5.15. The number of carbonyl (C=O) groups is 2. The summed E-state index contributed by atoms with van der Waals surface area (Å²) in [6.45, 7) is 2.43. The standard InChI is InChI=1S/C23H20N4O4S/c1-2-26(19-8-4-3-5-9-19)22(29)16-11-13-18(14-12-16)24-23(32)25-21(28)17-7-6-10-20(15-17)27(30)31/h3-15H,2H2,1H3,(H2,24,25,28,32). The first-order chi connectivity index (χ1) is 15.4. The summed E-state index contributed by atoms with van der Waals surface area (Å²) in [7, 11) is 0. The van der Waals surface area contributed by atoms with Crippen molar-refractivity contribution in [2.45, 2.75) is 6.92 Å². The lowest BCUT2D eigenvalue weighted by Crippen LogP contribution is -2.34. The van der Waals surface area contributed by atoms with E-state index >= 15 is 0 Å². The predicted molar refractivity (Wildman–Crippen MR) is 127 cm³/mol. The second kappa shape index (κ2) is 10.3. The second-order valence-corrected chi connectivity index (χ2v) is 7.09. The highest BCUT2D eigenvalue weighted by molar-refractivity contribution is 7.80. The van der Waals surface area contributed by atoms with E-state index in [9.17, 15) is 19.7 Å². The Balaban J connectivity index is 1.63. The molecule has 3 aromatic carbocycles. The average molecular weight is 449 g/mol. The van der Waals surface area contributed by atoms with Gasteiger partial charge in [0, 0.05) is 41.2 Å². The van der Waals surface area contributed by atoms with E-state index in [1.165, 1.54) is 24.3 Å². The van der Waals surface area contributed by atoms with Crippen molar-refractivity contribution in [3.05, 3.63) is 100 Å². The van der Waals surface area contributed by atoms with Gasteiger partial charge in [0.2, 0.25) is 0 Å². The summed E-state index contributed by atoms with van der Waals surface area (Å²) in [6, 6.07) is 21.4. The van der Waals surface area contributed by atoms with Crippen LogP contribution in [0, 0.1) is 10.1 Å². The summed E-state index contributed by atoms with van der Waals surface area (Å²) in [5, 5.41) is 16.2. The molecule has 0 heterocycles. The number of hydrogen-bond acceptors (Lipinski definition) is 5. The monoisotopic (exact) mass is 448 g/mol. The van der Waals surface area contributed by atoms with Gasteiger partial charge in [-0.15, -0.1) is 0 Å². The first kappa shape index (κ1) is 22.6. The van der Waals surface area contributed by atoms with Crippen LogP contribution in [0.3, 0.4) is 0 Å². The van der Waals surface area contributed by atoms with Crippen molar-refractivity contribution in [3.63, 3.8) is 0 Å². The SMILES string of the molecule is CCN(C(=O)c1ccc(NC(=S)NC(=O)c2cccc([N+](=O)[O-])c2)cc1)c1ccccc1. The van der Waals surface area contributed by atoms with Crippen molar-refractivity contribution in [1.82, 2.24) is 5.32 Å². The van der Waals surface area contributed by atoms with Gasteiger partial charge < -0.3 is 10.2 Å². The van der Waals surface area contributed by atoms with Gasteiger partial charge in [0.1, 0.15) is 0 Å². The molecule has 0 radical (unpaired) electrons. The van der Waals surface area contributed by atoms with Crippen molar-refractivity contribution in [1.29, 1.82) is 0 Å². The molecule has 0 saturated carbocycles. The highest BCUT2D eigenvalue weighted by Gasteiger charge is 2.16. The van der Waals surface area contributed by atoms with E-state index in [2.05, 4.69) is 10.6 Å². The number of nitro groups is 1. The third kappa shape index (κ3) is 5.52. The van der Waals surface area contributed by atoms with Crippen LogP contribution in [0.4, 0.5) is 17.1 Å². The summed E-state index contributed by atoms with van der Waals surface area (Å²) in [5.74, 6) is -0.703. The molecule has 2 amide bonds. The van der Waals surface area contributed by atoms with Crippen LogP contribution in [-0.2, 0) is 0 Å². The number of amides is 2. The van der Waals surface area contributed by atoms with Crippen molar-refractivity contribution < 1.29 is 14.5 Å². The minimum atomic E-state index is -0.576. The molecule has 0 aromatic heterocycles. The van der Waals surface area contributed by atoms with E-state index in [1.807, 2.05) is 37.3 Å². The van der Waals surface area contributed by atoms with Gasteiger partial charge in [0.25, 0.3) is 17.5 Å². The summed E-state index contributed by atoms with van der Waals surface area (Å²) in [5.41, 5.74) is 1.83. The predicted octanol–water partition coefficient (Wildman–Crippen LogP) is 4.39. The lowest BCUT2D eigenvalue weighted by atomic mass is 10.1. The van der Waals surface area contributed by atoms with Crippen LogP contribution in [0.2, 0.25) is 0 Å². The molecule has 0 atom stereocenters. The maximum absolute atomic E-state index is 12.9. The molecule has 0 fully saturated rings. The molecule has 3 aromatic rings. The quantitative estimate of drug-likeness (QED) is 0.329. The Bertz CT molecular complexity index is 1150. The van der Waals surface area contributed by atoms with Gasteiger partial charge in [-0.3, -0.25) is 25.0 Å². The highest BCUT2D eigenvalue weighted by atomic mass is 32.1. The first-order valence-electron chi connectivity index (χ1n) is 9.73. The van der Waals surface area contributed by atoms with E-state index in [-0.39, 0.29) is 22.3 Å². The lowest BCUT2D eigenvalue weighted by molar-refractivity contribution is -0.384. The molecule has 32 heavy (non-hydrogen) atoms. The fourth-order valence-corrected chi connectivity index (χ4v) is 3.21. The number of rotatable bonds is 6. The minimum Gasteiger partial charge on any atom is -0.332 e. The topological polar surface area (TPSA) is 105 Å². The number of thiocarbonyl (C=S) groups is 1. The molecule has 0 aliphatic heterocycles. The van der Waals surface area contributed by atoms with Gasteiger partial charge in [-0.2, -0.15) is 0 Å². The van der Waals surface area contributed by atoms with Gasteiger partial charge in [0.05, 0.1) is 4.92 Å². The fraction of sp³-hybridized carbons (Fsp3) is 0.0870. The molecule has 0 bridgehead atoms. The Morgan fingerprint density at radius 3 is 2.28 bits per heavy atom. The number of nitrogens with one attached hydrogen (secondary N) is 2. The van der Waals surface area contributed by atoms with Crippen molar-refractivity contribution in [2.75, 3.05) is 16.8 Å². The number of benzene rings is 3. The summed E-state index contributed by atoms with van der Waals surface area (Å²) < 4.78 is 0. The van der Waals surface area contributed by atoms with Gasteiger partial charge in [0.15, 0.2) is 5.11 Å². The van der Waals surface area contributed by atoms with Crippen LogP contribution < -0.4 is 15.5 Å². The molecular formula is C23H20N4O4S. The number of hydrogen-bond donors (Lipinski definition) is 2. The molecule has 8 nitrogen and oxygen atoms in total. The van der Waals surface area contributed by atoms with Gasteiger partial charge in [-0.25, -0.2) is 0 Å². The average Bonchev–Trinajstić information content (AvgIpc) is 2.80. The van der Waals surface area contributed by atoms with Crippen LogP contribution in [0.25, 0.3) is 0 Å². The van der Waals surface area contributed by atoms with Crippen molar-refractivity contribution >= 4 is 46.2 Å². The van der Waals surface area contributed by atoms with E-state index < -0.39 is 10.8 Å². The largest absolute Gasteiger partial charge is 0.332 e. The van der Waals surface area contributed by atoms with Crippen LogP contribution in [0.15, 0.2) is 78.9 Å². The maximum Gasteiger partial charge on any atom is 0.270 e. The summed E-state index contributed by atoms with van der Waals surface area (Å²) in [6.07, 6.45) is 0. The zero-order valence-corrected chi connectivity index (χ0v) is 18.0. The molecule has 9 heteroatoms. The molecule has 3 rings (SSSR count). The Morgan fingerprint density at radius 2 is 1.66 bits per heavy atom. The molecule has 0 aliphatic rings. The van der Waals surface area contributed by atoms with E-state index in [0.717, 1.165) is 5.69 Å². The zero-order valence-electron chi connectivity index (χ0n) is 17.1. The Hall–Kier alpha value is -4.11. The van der Waals surface area contributed by atoms with E-state index in [1.54, 1.807) is 29.2 Å².